The lowest BCUT2D eigenvalue weighted by atomic mass is 9.90. The van der Waals surface area contributed by atoms with Crippen LogP contribution in [0.4, 0.5) is 4.39 Å². The average molecular weight is 387 g/mol. The van der Waals surface area contributed by atoms with Gasteiger partial charge in [-0.05, 0) is 59.9 Å². The van der Waals surface area contributed by atoms with Gasteiger partial charge < -0.3 is 10.2 Å². The van der Waals surface area contributed by atoms with Crippen LogP contribution >= 0.6 is 11.3 Å². The molecule has 3 aromatic rings. The topological polar surface area (TPSA) is 40.5 Å². The highest BCUT2D eigenvalue weighted by atomic mass is 32.1. The molecule has 144 valence electrons. The molecule has 0 radical (unpaired) electrons. The zero-order valence-electron chi connectivity index (χ0n) is 15.7. The van der Waals surface area contributed by atoms with E-state index in [9.17, 15) is 9.50 Å². The number of hydrogen-bond donors (Lipinski definition) is 2. The van der Waals surface area contributed by atoms with Crippen LogP contribution in [0.5, 0.6) is 0 Å². The summed E-state index contributed by atoms with van der Waals surface area (Å²) < 4.78 is 15.6. The normalized spacial score (nSPS) is 13.8. The van der Waals surface area contributed by atoms with Crippen LogP contribution in [0.15, 0.2) is 48.5 Å². The van der Waals surface area contributed by atoms with E-state index in [4.69, 9.17) is 5.11 Å². The Hall–Kier alpha value is -1.75. The molecule has 4 heteroatoms. The molecule has 1 heterocycles. The summed E-state index contributed by atoms with van der Waals surface area (Å²) in [6, 6.07) is 15.8. The van der Waals surface area contributed by atoms with Gasteiger partial charge in [0.05, 0.1) is 12.7 Å². The van der Waals surface area contributed by atoms with Crippen LogP contribution in [0.25, 0.3) is 10.1 Å². The minimum atomic E-state index is -0.643. The van der Waals surface area contributed by atoms with E-state index in [2.05, 4.69) is 25.1 Å². The van der Waals surface area contributed by atoms with Crippen molar-refractivity contribution in [3.8, 4) is 0 Å². The molecular formula is C23H27FO2S. The fourth-order valence-corrected chi connectivity index (χ4v) is 4.59. The van der Waals surface area contributed by atoms with Gasteiger partial charge in [-0.2, -0.15) is 0 Å². The molecule has 1 aromatic heterocycles. The summed E-state index contributed by atoms with van der Waals surface area (Å²) in [5.41, 5.74) is 1.88. The number of thiophene rings is 1. The minimum Gasteiger partial charge on any atom is -0.394 e. The van der Waals surface area contributed by atoms with Gasteiger partial charge in [-0.3, -0.25) is 0 Å². The minimum absolute atomic E-state index is 0.153. The van der Waals surface area contributed by atoms with Gasteiger partial charge in [-0.1, -0.05) is 43.7 Å². The van der Waals surface area contributed by atoms with Gasteiger partial charge in [0.25, 0.3) is 0 Å². The van der Waals surface area contributed by atoms with E-state index < -0.39 is 6.10 Å². The van der Waals surface area contributed by atoms with Gasteiger partial charge in [0, 0.05) is 16.0 Å². The van der Waals surface area contributed by atoms with Crippen molar-refractivity contribution in [1.29, 1.82) is 0 Å². The third-order valence-electron chi connectivity index (χ3n) is 5.17. The second-order valence-electron chi connectivity index (χ2n) is 7.25. The van der Waals surface area contributed by atoms with E-state index >= 15 is 0 Å². The quantitative estimate of drug-likeness (QED) is 0.522. The van der Waals surface area contributed by atoms with Crippen molar-refractivity contribution in [2.45, 2.75) is 45.1 Å². The Labute approximate surface area is 164 Å². The van der Waals surface area contributed by atoms with Gasteiger partial charge in [0.15, 0.2) is 0 Å². The van der Waals surface area contributed by atoms with Gasteiger partial charge in [0.2, 0.25) is 0 Å². The Bertz CT molecular complexity index is 841. The molecule has 0 amide bonds. The highest BCUT2D eigenvalue weighted by Gasteiger charge is 2.13. The van der Waals surface area contributed by atoms with Crippen molar-refractivity contribution < 1.29 is 14.6 Å². The third kappa shape index (κ3) is 5.38. The zero-order chi connectivity index (χ0) is 19.2. The Morgan fingerprint density at radius 2 is 1.89 bits per heavy atom. The molecule has 2 atom stereocenters. The second-order valence-corrected chi connectivity index (χ2v) is 8.41. The summed E-state index contributed by atoms with van der Waals surface area (Å²) in [4.78, 5) is 1.17. The van der Waals surface area contributed by atoms with Gasteiger partial charge >= 0.3 is 0 Å². The molecule has 0 aliphatic rings. The zero-order valence-corrected chi connectivity index (χ0v) is 16.5. The summed E-state index contributed by atoms with van der Waals surface area (Å²) in [6.07, 6.45) is 3.30. The van der Waals surface area contributed by atoms with Gasteiger partial charge in [-0.25, -0.2) is 4.39 Å². The molecule has 0 bridgehead atoms. The maximum atomic E-state index is 14.4. The van der Waals surface area contributed by atoms with Crippen molar-refractivity contribution in [1.82, 2.24) is 0 Å². The number of benzene rings is 2. The van der Waals surface area contributed by atoms with Crippen molar-refractivity contribution >= 4 is 21.4 Å². The second kappa shape index (κ2) is 9.45. The Kier molecular flexibility index (Phi) is 7.00. The van der Waals surface area contributed by atoms with Crippen molar-refractivity contribution in [2.75, 3.05) is 6.61 Å². The number of aliphatic hydroxyl groups is 2. The fourth-order valence-electron chi connectivity index (χ4n) is 3.51. The number of fused-ring (bicyclic) bond motifs is 1. The smallest absolute Gasteiger partial charge is 0.126 e. The van der Waals surface area contributed by atoms with Crippen molar-refractivity contribution in [3.63, 3.8) is 0 Å². The van der Waals surface area contributed by atoms with Crippen LogP contribution in [0.1, 0.15) is 42.2 Å². The first-order chi connectivity index (χ1) is 13.1. The largest absolute Gasteiger partial charge is 0.394 e. The van der Waals surface area contributed by atoms with Crippen LogP contribution < -0.4 is 0 Å². The molecule has 0 fully saturated rings. The van der Waals surface area contributed by atoms with E-state index in [1.807, 2.05) is 24.3 Å². The van der Waals surface area contributed by atoms with Crippen LogP contribution in [-0.2, 0) is 12.8 Å². The maximum absolute atomic E-state index is 14.4. The first-order valence-electron chi connectivity index (χ1n) is 9.62. The fraction of sp³-hybridized carbons (Fsp3) is 0.391. The van der Waals surface area contributed by atoms with E-state index in [-0.39, 0.29) is 12.4 Å². The number of aliphatic hydroxyl groups excluding tert-OH is 2. The molecule has 2 nitrogen and oxygen atoms in total. The molecule has 3 rings (SSSR count). The first-order valence-corrected chi connectivity index (χ1v) is 10.4. The summed E-state index contributed by atoms with van der Waals surface area (Å²) in [5, 5.41) is 19.8. The average Bonchev–Trinajstić information content (AvgIpc) is 3.09. The first kappa shape index (κ1) is 20.0. The standard InChI is InChI=1S/C23H27FO2S/c1-2-16(7-9-20(26)15-25)11-17-8-10-22(24)19(12-17)14-21-13-18-5-3-4-6-23(18)27-21/h3-6,8,10,12-13,16,20,25-26H,2,7,9,11,14-15H2,1H3. The molecule has 2 unspecified atom stereocenters. The van der Waals surface area contributed by atoms with Crippen LogP contribution in [0.3, 0.4) is 0 Å². The SMILES string of the molecule is CCC(CCC(O)CO)Cc1ccc(F)c(Cc2cc3ccccc3s2)c1. The van der Waals surface area contributed by atoms with E-state index in [0.717, 1.165) is 30.4 Å². The molecule has 2 aromatic carbocycles. The summed E-state index contributed by atoms with van der Waals surface area (Å²) >= 11 is 1.72. The van der Waals surface area contributed by atoms with E-state index in [0.29, 0.717) is 18.8 Å². The summed E-state index contributed by atoms with van der Waals surface area (Å²) in [7, 11) is 0. The lowest BCUT2D eigenvalue weighted by Gasteiger charge is -2.17. The lowest BCUT2D eigenvalue weighted by Crippen LogP contribution is -2.15. The van der Waals surface area contributed by atoms with Crippen molar-refractivity contribution in [3.05, 3.63) is 70.4 Å². The number of rotatable bonds is 9. The predicted octanol–water partition coefficient (Wildman–Crippen LogP) is 5.33. The maximum Gasteiger partial charge on any atom is 0.126 e. The lowest BCUT2D eigenvalue weighted by molar-refractivity contribution is 0.0822. The monoisotopic (exact) mass is 386 g/mol. The Morgan fingerprint density at radius 3 is 2.63 bits per heavy atom. The van der Waals surface area contributed by atoms with Gasteiger partial charge in [-0.15, -0.1) is 11.3 Å². The van der Waals surface area contributed by atoms with Gasteiger partial charge in [0.1, 0.15) is 5.82 Å². The molecule has 0 saturated carbocycles. The Morgan fingerprint density at radius 1 is 1.07 bits per heavy atom. The summed E-state index contributed by atoms with van der Waals surface area (Å²) in [6.45, 7) is 1.95. The molecule has 0 aliphatic heterocycles. The predicted molar refractivity (Wildman–Crippen MR) is 111 cm³/mol. The van der Waals surface area contributed by atoms with E-state index in [1.165, 1.54) is 15.0 Å². The molecule has 2 N–H and O–H groups in total. The molecular weight excluding hydrogens is 359 g/mol. The molecule has 27 heavy (non-hydrogen) atoms. The van der Waals surface area contributed by atoms with E-state index in [1.54, 1.807) is 17.4 Å². The van der Waals surface area contributed by atoms with Crippen LogP contribution in [-0.4, -0.2) is 22.9 Å². The summed E-state index contributed by atoms with van der Waals surface area (Å²) in [5.74, 6) is 0.272. The molecule has 0 aliphatic carbocycles. The highest BCUT2D eigenvalue weighted by Crippen LogP contribution is 2.28. The molecule has 0 saturated heterocycles. The Balaban J connectivity index is 1.71. The van der Waals surface area contributed by atoms with Crippen LogP contribution in [0.2, 0.25) is 0 Å². The van der Waals surface area contributed by atoms with Crippen LogP contribution in [0, 0.1) is 11.7 Å². The third-order valence-corrected chi connectivity index (χ3v) is 6.29. The highest BCUT2D eigenvalue weighted by molar-refractivity contribution is 7.19. The van der Waals surface area contributed by atoms with Crippen molar-refractivity contribution in [2.24, 2.45) is 5.92 Å². The number of halogens is 1. The number of hydrogen-bond acceptors (Lipinski definition) is 3. The molecule has 0 spiro atoms.